The number of ether oxygens (including phenoxy) is 1. The van der Waals surface area contributed by atoms with E-state index < -0.39 is 0 Å². The molecule has 0 spiro atoms. The molecule has 0 saturated heterocycles. The van der Waals surface area contributed by atoms with E-state index in [2.05, 4.69) is 5.32 Å². The monoisotopic (exact) mass is 286 g/mol. The lowest BCUT2D eigenvalue weighted by Crippen LogP contribution is -2.39. The highest BCUT2D eigenvalue weighted by Crippen LogP contribution is 2.37. The first-order valence-electron chi connectivity index (χ1n) is 6.43. The topological polar surface area (TPSA) is 63.5 Å². The van der Waals surface area contributed by atoms with Gasteiger partial charge in [-0.15, -0.1) is 0 Å². The predicted molar refractivity (Wildman–Crippen MR) is 72.5 cm³/mol. The molecule has 6 heteroatoms. The summed E-state index contributed by atoms with van der Waals surface area (Å²) in [5.74, 6) is -0.172. The van der Waals surface area contributed by atoms with Gasteiger partial charge in [0.15, 0.2) is 0 Å². The van der Waals surface area contributed by atoms with Crippen LogP contribution in [0.1, 0.15) is 35.8 Å². The van der Waals surface area contributed by atoms with Crippen molar-refractivity contribution in [2.75, 3.05) is 20.3 Å². The lowest BCUT2D eigenvalue weighted by atomic mass is 10.2. The van der Waals surface area contributed by atoms with E-state index in [1.807, 2.05) is 4.57 Å². The standard InChI is InChI=1S/C13H19ClN2O3/c1-19-8-10(4-5-17)15-13(18)12-6-9(14)7-16(12)11-2-3-11/h6-7,10-11,17H,2-5,8H2,1H3,(H,15,18). The van der Waals surface area contributed by atoms with Crippen LogP contribution < -0.4 is 5.32 Å². The minimum Gasteiger partial charge on any atom is -0.396 e. The summed E-state index contributed by atoms with van der Waals surface area (Å²) >= 11 is 5.97. The van der Waals surface area contributed by atoms with Gasteiger partial charge in [-0.1, -0.05) is 11.6 Å². The Morgan fingerprint density at radius 3 is 3.00 bits per heavy atom. The minimum atomic E-state index is -0.191. The molecule has 19 heavy (non-hydrogen) atoms. The molecule has 1 unspecified atom stereocenters. The zero-order valence-electron chi connectivity index (χ0n) is 10.9. The molecular weight excluding hydrogens is 268 g/mol. The third-order valence-corrected chi connectivity index (χ3v) is 3.38. The van der Waals surface area contributed by atoms with Crippen LogP contribution in [-0.4, -0.2) is 41.9 Å². The molecule has 1 heterocycles. The van der Waals surface area contributed by atoms with Crippen LogP contribution >= 0.6 is 11.6 Å². The van der Waals surface area contributed by atoms with Crippen LogP contribution in [0.5, 0.6) is 0 Å². The average Bonchev–Trinajstić information content (AvgIpc) is 3.13. The van der Waals surface area contributed by atoms with E-state index in [1.54, 1.807) is 19.4 Å². The first-order valence-corrected chi connectivity index (χ1v) is 6.81. The number of rotatable bonds is 7. The second-order valence-electron chi connectivity index (χ2n) is 4.82. The number of aromatic nitrogens is 1. The highest BCUT2D eigenvalue weighted by molar-refractivity contribution is 6.31. The van der Waals surface area contributed by atoms with E-state index in [0.717, 1.165) is 12.8 Å². The number of carbonyl (C=O) groups is 1. The van der Waals surface area contributed by atoms with Crippen LogP contribution in [0, 0.1) is 0 Å². The van der Waals surface area contributed by atoms with Gasteiger partial charge in [-0.3, -0.25) is 4.79 Å². The van der Waals surface area contributed by atoms with Gasteiger partial charge in [0.25, 0.3) is 5.91 Å². The number of methoxy groups -OCH3 is 1. The van der Waals surface area contributed by atoms with E-state index >= 15 is 0 Å². The number of hydrogen-bond acceptors (Lipinski definition) is 3. The Bertz CT molecular complexity index is 437. The summed E-state index contributed by atoms with van der Waals surface area (Å²) in [6.45, 7) is 0.392. The maximum Gasteiger partial charge on any atom is 0.268 e. The summed E-state index contributed by atoms with van der Waals surface area (Å²) in [5.41, 5.74) is 0.576. The second-order valence-corrected chi connectivity index (χ2v) is 5.26. The summed E-state index contributed by atoms with van der Waals surface area (Å²) in [7, 11) is 1.57. The zero-order chi connectivity index (χ0) is 13.8. The van der Waals surface area contributed by atoms with Gasteiger partial charge in [0, 0.05) is 26.0 Å². The average molecular weight is 287 g/mol. The summed E-state index contributed by atoms with van der Waals surface area (Å²) in [6.07, 6.45) is 4.44. The predicted octanol–water partition coefficient (Wildman–Crippen LogP) is 1.60. The fourth-order valence-corrected chi connectivity index (χ4v) is 2.30. The highest BCUT2D eigenvalue weighted by atomic mass is 35.5. The van der Waals surface area contributed by atoms with Crippen molar-refractivity contribution < 1.29 is 14.6 Å². The number of aliphatic hydroxyl groups excluding tert-OH is 1. The number of halogens is 1. The fraction of sp³-hybridized carbons (Fsp3) is 0.615. The van der Waals surface area contributed by atoms with Crippen molar-refractivity contribution in [3.8, 4) is 0 Å². The van der Waals surface area contributed by atoms with Crippen LogP contribution in [0.25, 0.3) is 0 Å². The summed E-state index contributed by atoms with van der Waals surface area (Å²) in [4.78, 5) is 12.2. The highest BCUT2D eigenvalue weighted by Gasteiger charge is 2.28. The Kier molecular flexibility index (Phi) is 4.85. The van der Waals surface area contributed by atoms with E-state index in [4.69, 9.17) is 21.4 Å². The van der Waals surface area contributed by atoms with Gasteiger partial charge in [0.05, 0.1) is 17.7 Å². The Hall–Kier alpha value is -1.04. The molecule has 1 saturated carbocycles. The molecule has 1 amide bonds. The first-order chi connectivity index (χ1) is 9.15. The van der Waals surface area contributed by atoms with Gasteiger partial charge >= 0.3 is 0 Å². The van der Waals surface area contributed by atoms with Gasteiger partial charge in [0.1, 0.15) is 5.69 Å². The maximum atomic E-state index is 12.2. The van der Waals surface area contributed by atoms with Crippen LogP contribution in [0.15, 0.2) is 12.3 Å². The number of nitrogens with one attached hydrogen (secondary N) is 1. The molecule has 2 rings (SSSR count). The van der Waals surface area contributed by atoms with Crippen molar-refractivity contribution in [1.82, 2.24) is 9.88 Å². The molecule has 1 atom stereocenters. The molecule has 0 radical (unpaired) electrons. The lowest BCUT2D eigenvalue weighted by Gasteiger charge is -2.17. The van der Waals surface area contributed by atoms with Crippen LogP contribution in [0.2, 0.25) is 5.02 Å². The quantitative estimate of drug-likeness (QED) is 0.800. The summed E-state index contributed by atoms with van der Waals surface area (Å²) in [6, 6.07) is 1.88. The van der Waals surface area contributed by atoms with Crippen LogP contribution in [0.3, 0.4) is 0 Å². The normalized spacial score (nSPS) is 16.4. The van der Waals surface area contributed by atoms with Crippen molar-refractivity contribution in [3.63, 3.8) is 0 Å². The minimum absolute atomic E-state index is 0.0126. The van der Waals surface area contributed by atoms with Crippen LogP contribution in [0.4, 0.5) is 0 Å². The van der Waals surface area contributed by atoms with E-state index in [9.17, 15) is 4.79 Å². The molecular formula is C13H19ClN2O3. The number of hydrogen-bond donors (Lipinski definition) is 2. The van der Waals surface area contributed by atoms with Crippen molar-refractivity contribution in [3.05, 3.63) is 23.0 Å². The van der Waals surface area contributed by atoms with E-state index in [1.165, 1.54) is 0 Å². The molecule has 0 aliphatic heterocycles. The first kappa shape index (κ1) is 14.4. The largest absolute Gasteiger partial charge is 0.396 e. The van der Waals surface area contributed by atoms with Crippen LogP contribution in [-0.2, 0) is 4.74 Å². The van der Waals surface area contributed by atoms with E-state index in [0.29, 0.717) is 29.8 Å². The molecule has 1 aromatic rings. The van der Waals surface area contributed by atoms with Gasteiger partial charge < -0.3 is 19.7 Å². The van der Waals surface area contributed by atoms with Gasteiger partial charge in [0.2, 0.25) is 0 Å². The molecule has 0 bridgehead atoms. The summed E-state index contributed by atoms with van der Waals surface area (Å²) in [5, 5.41) is 12.4. The number of carbonyl (C=O) groups excluding carboxylic acids is 1. The van der Waals surface area contributed by atoms with Crippen molar-refractivity contribution in [2.24, 2.45) is 0 Å². The Morgan fingerprint density at radius 1 is 1.68 bits per heavy atom. The third kappa shape index (κ3) is 3.72. The van der Waals surface area contributed by atoms with Gasteiger partial charge in [-0.2, -0.15) is 0 Å². The third-order valence-electron chi connectivity index (χ3n) is 3.17. The summed E-state index contributed by atoms with van der Waals surface area (Å²) < 4.78 is 6.96. The molecule has 1 fully saturated rings. The molecule has 1 aliphatic rings. The molecule has 5 nitrogen and oxygen atoms in total. The van der Waals surface area contributed by atoms with Crippen molar-refractivity contribution in [1.29, 1.82) is 0 Å². The SMILES string of the molecule is COCC(CCO)NC(=O)c1cc(Cl)cn1C1CC1. The Labute approximate surface area is 117 Å². The molecule has 0 aromatic carbocycles. The lowest BCUT2D eigenvalue weighted by molar-refractivity contribution is 0.0869. The molecule has 1 aromatic heterocycles. The van der Waals surface area contributed by atoms with Crippen molar-refractivity contribution in [2.45, 2.75) is 31.3 Å². The smallest absolute Gasteiger partial charge is 0.268 e. The Morgan fingerprint density at radius 2 is 2.42 bits per heavy atom. The Balaban J connectivity index is 2.05. The second kappa shape index (κ2) is 6.41. The van der Waals surface area contributed by atoms with Crippen molar-refractivity contribution >= 4 is 17.5 Å². The number of nitrogens with zero attached hydrogens (tertiary/aromatic N) is 1. The molecule has 1 aliphatic carbocycles. The number of amides is 1. The zero-order valence-corrected chi connectivity index (χ0v) is 11.7. The number of aliphatic hydroxyl groups is 1. The fourth-order valence-electron chi connectivity index (χ4n) is 2.10. The van der Waals surface area contributed by atoms with E-state index in [-0.39, 0.29) is 18.6 Å². The van der Waals surface area contributed by atoms with Gasteiger partial charge in [-0.05, 0) is 25.3 Å². The maximum absolute atomic E-state index is 12.2. The molecule has 2 N–H and O–H groups in total. The molecule has 106 valence electrons. The van der Waals surface area contributed by atoms with Gasteiger partial charge in [-0.25, -0.2) is 0 Å².